The second kappa shape index (κ2) is 4.23. The van der Waals surface area contributed by atoms with Crippen molar-refractivity contribution in [1.29, 1.82) is 0 Å². The standard InChI is InChI=1S/C7H10F2O5S/c1-4(2)6(10)14-5(3)7(8,9)15(11,12)13/h5H,1H2,2-3H3,(H,11,12,13)/p-1. The van der Waals surface area contributed by atoms with E-state index in [1.54, 1.807) is 0 Å². The second-order valence-electron chi connectivity index (χ2n) is 2.84. The van der Waals surface area contributed by atoms with Gasteiger partial charge in [-0.1, -0.05) is 6.58 Å². The van der Waals surface area contributed by atoms with Gasteiger partial charge in [0.2, 0.25) is 0 Å². The number of hydrogen-bond acceptors (Lipinski definition) is 5. The van der Waals surface area contributed by atoms with Crippen LogP contribution in [0.4, 0.5) is 8.78 Å². The third-order valence-corrected chi connectivity index (χ3v) is 2.44. The van der Waals surface area contributed by atoms with Gasteiger partial charge in [0.15, 0.2) is 16.2 Å². The van der Waals surface area contributed by atoms with E-state index in [-0.39, 0.29) is 5.57 Å². The van der Waals surface area contributed by atoms with E-state index in [4.69, 9.17) is 0 Å². The van der Waals surface area contributed by atoms with Gasteiger partial charge in [-0.3, -0.25) is 0 Å². The lowest BCUT2D eigenvalue weighted by molar-refractivity contribution is -0.154. The zero-order valence-corrected chi connectivity index (χ0v) is 8.81. The van der Waals surface area contributed by atoms with Crippen LogP contribution in [0.15, 0.2) is 12.2 Å². The van der Waals surface area contributed by atoms with Crippen molar-refractivity contribution in [3.63, 3.8) is 0 Å². The Kier molecular flexibility index (Phi) is 3.94. The Morgan fingerprint density at radius 1 is 1.53 bits per heavy atom. The topological polar surface area (TPSA) is 83.5 Å². The summed E-state index contributed by atoms with van der Waals surface area (Å²) in [6.45, 7) is 4.91. The molecule has 0 saturated heterocycles. The highest BCUT2D eigenvalue weighted by atomic mass is 32.2. The Labute approximate surface area is 85.5 Å². The molecule has 0 spiro atoms. The summed E-state index contributed by atoms with van der Waals surface area (Å²) < 4.78 is 59.9. The Hall–Kier alpha value is -1.02. The van der Waals surface area contributed by atoms with Crippen molar-refractivity contribution in [3.05, 3.63) is 12.2 Å². The molecule has 0 heterocycles. The molecular weight excluding hydrogens is 234 g/mol. The van der Waals surface area contributed by atoms with Gasteiger partial charge in [-0.15, -0.1) is 0 Å². The number of carbonyl (C=O) groups is 1. The van der Waals surface area contributed by atoms with Crippen molar-refractivity contribution in [3.8, 4) is 0 Å². The quantitative estimate of drug-likeness (QED) is 0.411. The Morgan fingerprint density at radius 2 is 1.93 bits per heavy atom. The predicted octanol–water partition coefficient (Wildman–Crippen LogP) is 0.632. The molecule has 5 nitrogen and oxygen atoms in total. The van der Waals surface area contributed by atoms with Gasteiger partial charge in [0.1, 0.15) is 0 Å². The molecule has 8 heteroatoms. The molecule has 15 heavy (non-hydrogen) atoms. The molecule has 0 radical (unpaired) electrons. The summed E-state index contributed by atoms with van der Waals surface area (Å²) in [6.07, 6.45) is -2.36. The first-order chi connectivity index (χ1) is 6.50. The summed E-state index contributed by atoms with van der Waals surface area (Å²) in [5, 5.41) is -4.65. The average molecular weight is 243 g/mol. The fourth-order valence-corrected chi connectivity index (χ4v) is 0.988. The molecule has 0 amide bonds. The predicted molar refractivity (Wildman–Crippen MR) is 45.0 cm³/mol. The van der Waals surface area contributed by atoms with E-state index in [0.29, 0.717) is 6.92 Å². The molecule has 0 aliphatic heterocycles. The first kappa shape index (κ1) is 14.0. The maximum atomic E-state index is 12.7. The zero-order chi connectivity index (χ0) is 12.4. The van der Waals surface area contributed by atoms with Crippen molar-refractivity contribution in [2.75, 3.05) is 0 Å². The van der Waals surface area contributed by atoms with E-state index < -0.39 is 27.4 Å². The zero-order valence-electron chi connectivity index (χ0n) is 7.99. The van der Waals surface area contributed by atoms with Gasteiger partial charge in [-0.2, -0.15) is 8.78 Å². The fourth-order valence-electron chi connectivity index (χ4n) is 0.533. The molecule has 0 aromatic carbocycles. The minimum atomic E-state index is -5.86. The summed E-state index contributed by atoms with van der Waals surface area (Å²) in [4.78, 5) is 10.8. The van der Waals surface area contributed by atoms with Gasteiger partial charge < -0.3 is 9.29 Å². The molecule has 0 rings (SSSR count). The maximum absolute atomic E-state index is 12.7. The Balaban J connectivity index is 4.81. The van der Waals surface area contributed by atoms with Crippen LogP contribution in [0.3, 0.4) is 0 Å². The molecule has 0 bridgehead atoms. The van der Waals surface area contributed by atoms with Crippen LogP contribution in [0.2, 0.25) is 0 Å². The lowest BCUT2D eigenvalue weighted by Crippen LogP contribution is -2.42. The molecule has 1 atom stereocenters. The van der Waals surface area contributed by atoms with Crippen molar-refractivity contribution < 1.29 is 31.3 Å². The Morgan fingerprint density at radius 3 is 2.20 bits per heavy atom. The molecular formula is C7H9F2O5S-. The lowest BCUT2D eigenvalue weighted by Gasteiger charge is -2.25. The van der Waals surface area contributed by atoms with E-state index in [1.807, 2.05) is 0 Å². The van der Waals surface area contributed by atoms with Crippen LogP contribution in [-0.4, -0.2) is 30.3 Å². The first-order valence-corrected chi connectivity index (χ1v) is 5.10. The number of carbonyl (C=O) groups excluding carboxylic acids is 1. The third-order valence-electron chi connectivity index (χ3n) is 1.44. The van der Waals surface area contributed by atoms with Gasteiger partial charge in [0, 0.05) is 5.57 Å². The minimum Gasteiger partial charge on any atom is -0.743 e. The minimum absolute atomic E-state index is 0.180. The second-order valence-corrected chi connectivity index (χ2v) is 4.30. The molecule has 0 aromatic rings. The monoisotopic (exact) mass is 243 g/mol. The SMILES string of the molecule is C=C(C)C(=O)OC(C)C(F)(F)S(=O)(=O)[O-]. The fraction of sp³-hybridized carbons (Fsp3) is 0.571. The third kappa shape index (κ3) is 3.24. The molecule has 1 unspecified atom stereocenters. The van der Waals surface area contributed by atoms with E-state index in [1.165, 1.54) is 6.92 Å². The summed E-state index contributed by atoms with van der Waals surface area (Å²) in [5.41, 5.74) is -0.180. The molecule has 0 fully saturated rings. The van der Waals surface area contributed by atoms with Gasteiger partial charge in [-0.25, -0.2) is 13.2 Å². The molecule has 0 aromatic heterocycles. The van der Waals surface area contributed by atoms with Gasteiger partial charge >= 0.3 is 11.2 Å². The Bertz CT molecular complexity index is 373. The normalized spacial score (nSPS) is 14.5. The largest absolute Gasteiger partial charge is 0.743 e. The summed E-state index contributed by atoms with van der Waals surface area (Å²) in [5.74, 6) is -1.19. The molecule has 0 aliphatic carbocycles. The van der Waals surface area contributed by atoms with E-state index in [0.717, 1.165) is 0 Å². The summed E-state index contributed by atoms with van der Waals surface area (Å²) in [7, 11) is -5.86. The molecule has 0 N–H and O–H groups in total. The molecule has 88 valence electrons. The highest BCUT2D eigenvalue weighted by Crippen LogP contribution is 2.27. The number of ether oxygens (including phenoxy) is 1. The van der Waals surface area contributed by atoms with Gasteiger partial charge in [0.05, 0.1) is 0 Å². The highest BCUT2D eigenvalue weighted by molar-refractivity contribution is 7.86. The van der Waals surface area contributed by atoms with Crippen molar-refractivity contribution in [1.82, 2.24) is 0 Å². The van der Waals surface area contributed by atoms with Gasteiger partial charge in [-0.05, 0) is 13.8 Å². The van der Waals surface area contributed by atoms with Crippen LogP contribution in [0, 0.1) is 0 Å². The molecule has 0 aliphatic rings. The molecule has 0 saturated carbocycles. The number of esters is 1. The number of hydrogen-bond donors (Lipinski definition) is 0. The maximum Gasteiger partial charge on any atom is 0.370 e. The van der Waals surface area contributed by atoms with E-state index in [2.05, 4.69) is 11.3 Å². The smallest absolute Gasteiger partial charge is 0.370 e. The van der Waals surface area contributed by atoms with E-state index in [9.17, 15) is 26.5 Å². The number of rotatable bonds is 4. The highest BCUT2D eigenvalue weighted by Gasteiger charge is 2.46. The van der Waals surface area contributed by atoms with E-state index >= 15 is 0 Å². The average Bonchev–Trinajstić information content (AvgIpc) is 2.01. The number of halogens is 2. The van der Waals surface area contributed by atoms with Crippen LogP contribution in [0.5, 0.6) is 0 Å². The van der Waals surface area contributed by atoms with Crippen LogP contribution in [0.1, 0.15) is 13.8 Å². The lowest BCUT2D eigenvalue weighted by atomic mass is 10.3. The van der Waals surface area contributed by atoms with Crippen molar-refractivity contribution in [2.45, 2.75) is 25.2 Å². The van der Waals surface area contributed by atoms with Crippen LogP contribution in [-0.2, 0) is 19.6 Å². The van der Waals surface area contributed by atoms with Crippen LogP contribution in [0.25, 0.3) is 0 Å². The first-order valence-electron chi connectivity index (χ1n) is 3.70. The summed E-state index contributed by atoms with van der Waals surface area (Å²) in [6, 6.07) is 0. The number of alkyl halides is 2. The van der Waals surface area contributed by atoms with Crippen molar-refractivity contribution >= 4 is 16.1 Å². The van der Waals surface area contributed by atoms with Gasteiger partial charge in [0.25, 0.3) is 0 Å². The van der Waals surface area contributed by atoms with Crippen LogP contribution < -0.4 is 0 Å². The van der Waals surface area contributed by atoms with Crippen LogP contribution >= 0.6 is 0 Å². The summed E-state index contributed by atoms with van der Waals surface area (Å²) >= 11 is 0. The van der Waals surface area contributed by atoms with Crippen molar-refractivity contribution in [2.24, 2.45) is 0 Å².